The van der Waals surface area contributed by atoms with Crippen molar-refractivity contribution in [3.63, 3.8) is 0 Å². The second-order valence-corrected chi connectivity index (χ2v) is 4.79. The molecule has 5 heteroatoms. The van der Waals surface area contributed by atoms with Gasteiger partial charge < -0.3 is 5.11 Å². The number of carboxylic acid groups (broad SMARTS) is 1. The van der Waals surface area contributed by atoms with Gasteiger partial charge in [-0.15, -0.1) is 0 Å². The van der Waals surface area contributed by atoms with Gasteiger partial charge in [0.15, 0.2) is 0 Å². The van der Waals surface area contributed by atoms with E-state index < -0.39 is 5.97 Å². The van der Waals surface area contributed by atoms with Gasteiger partial charge in [0.2, 0.25) is 0 Å². The average Bonchev–Trinajstić information content (AvgIpc) is 2.30. The Kier molecular flexibility index (Phi) is 3.66. The highest BCUT2D eigenvalue weighted by Gasteiger charge is 2.09. The lowest BCUT2D eigenvalue weighted by Gasteiger charge is -2.03. The van der Waals surface area contributed by atoms with Crippen LogP contribution in [0.5, 0.6) is 0 Å². The van der Waals surface area contributed by atoms with Crippen molar-refractivity contribution in [2.45, 2.75) is 9.79 Å². The lowest BCUT2D eigenvalue weighted by Crippen LogP contribution is -1.96. The zero-order valence-electron chi connectivity index (χ0n) is 8.63. The van der Waals surface area contributed by atoms with E-state index in [1.54, 1.807) is 24.5 Å². The number of hydrogen-bond donors (Lipinski definition) is 1. The first kappa shape index (κ1) is 12.0. The molecular formula is C12H8ClNO2S. The van der Waals surface area contributed by atoms with Crippen molar-refractivity contribution in [2.75, 3.05) is 0 Å². The van der Waals surface area contributed by atoms with Gasteiger partial charge in [-0.25, -0.2) is 4.79 Å². The van der Waals surface area contributed by atoms with Gasteiger partial charge in [-0.1, -0.05) is 23.4 Å². The smallest absolute Gasteiger partial charge is 0.337 e. The lowest BCUT2D eigenvalue weighted by molar-refractivity contribution is 0.0697. The van der Waals surface area contributed by atoms with Gasteiger partial charge >= 0.3 is 5.97 Å². The summed E-state index contributed by atoms with van der Waals surface area (Å²) < 4.78 is 0. The molecule has 1 aromatic heterocycles. The number of aromatic carboxylic acids is 1. The van der Waals surface area contributed by atoms with Crippen LogP contribution in [0.4, 0.5) is 0 Å². The zero-order valence-corrected chi connectivity index (χ0v) is 10.2. The minimum absolute atomic E-state index is 0.116. The molecule has 3 nitrogen and oxygen atoms in total. The SMILES string of the molecule is O=C(O)c1ccc(Sc2ccncc2)cc1Cl. The highest BCUT2D eigenvalue weighted by Crippen LogP contribution is 2.30. The standard InChI is InChI=1S/C12H8ClNO2S/c13-11-7-9(1-2-10(11)12(15)16)17-8-3-5-14-6-4-8/h1-7H,(H,15,16). The Balaban J connectivity index is 2.24. The van der Waals surface area contributed by atoms with Crippen molar-refractivity contribution < 1.29 is 9.90 Å². The highest BCUT2D eigenvalue weighted by atomic mass is 35.5. The molecule has 0 spiro atoms. The second kappa shape index (κ2) is 5.21. The lowest BCUT2D eigenvalue weighted by atomic mass is 10.2. The molecule has 2 aromatic rings. The number of rotatable bonds is 3. The highest BCUT2D eigenvalue weighted by molar-refractivity contribution is 7.99. The normalized spacial score (nSPS) is 10.2. The van der Waals surface area contributed by atoms with Crippen LogP contribution in [0.25, 0.3) is 0 Å². The van der Waals surface area contributed by atoms with Crippen LogP contribution < -0.4 is 0 Å². The number of nitrogens with zero attached hydrogens (tertiary/aromatic N) is 1. The molecule has 0 fully saturated rings. The molecule has 0 unspecified atom stereocenters. The summed E-state index contributed by atoms with van der Waals surface area (Å²) in [6, 6.07) is 8.65. The molecule has 2 rings (SSSR count). The fourth-order valence-electron chi connectivity index (χ4n) is 1.28. The molecule has 17 heavy (non-hydrogen) atoms. The summed E-state index contributed by atoms with van der Waals surface area (Å²) in [5, 5.41) is 9.09. The number of pyridine rings is 1. The maximum Gasteiger partial charge on any atom is 0.337 e. The van der Waals surface area contributed by atoms with E-state index in [0.717, 1.165) is 9.79 Å². The maximum absolute atomic E-state index is 10.8. The van der Waals surface area contributed by atoms with Gasteiger partial charge in [-0.2, -0.15) is 0 Å². The van der Waals surface area contributed by atoms with Crippen LogP contribution in [0, 0.1) is 0 Å². The van der Waals surface area contributed by atoms with Crippen LogP contribution in [-0.2, 0) is 0 Å². The predicted molar refractivity (Wildman–Crippen MR) is 66.8 cm³/mol. The average molecular weight is 266 g/mol. The summed E-state index contributed by atoms with van der Waals surface area (Å²) in [4.78, 5) is 16.6. The van der Waals surface area contributed by atoms with E-state index in [1.165, 1.54) is 17.8 Å². The first-order valence-corrected chi connectivity index (χ1v) is 5.97. The minimum Gasteiger partial charge on any atom is -0.478 e. The van der Waals surface area contributed by atoms with Crippen LogP contribution >= 0.6 is 23.4 Å². The van der Waals surface area contributed by atoms with Gasteiger partial charge in [0.1, 0.15) is 0 Å². The van der Waals surface area contributed by atoms with Crippen molar-refractivity contribution >= 4 is 29.3 Å². The Morgan fingerprint density at radius 1 is 1.18 bits per heavy atom. The number of hydrogen-bond acceptors (Lipinski definition) is 3. The molecule has 1 heterocycles. The molecule has 0 amide bonds. The molecule has 0 aliphatic carbocycles. The zero-order chi connectivity index (χ0) is 12.3. The summed E-state index contributed by atoms with van der Waals surface area (Å²) >= 11 is 7.39. The van der Waals surface area contributed by atoms with Crippen LogP contribution in [0.3, 0.4) is 0 Å². The number of aromatic nitrogens is 1. The van der Waals surface area contributed by atoms with Crippen molar-refractivity contribution in [3.8, 4) is 0 Å². The molecule has 0 aliphatic heterocycles. The molecule has 0 atom stereocenters. The van der Waals surface area contributed by atoms with E-state index in [9.17, 15) is 4.79 Å². The van der Waals surface area contributed by atoms with E-state index >= 15 is 0 Å². The number of carboxylic acids is 1. The monoisotopic (exact) mass is 265 g/mol. The Bertz CT molecular complexity index is 545. The first-order chi connectivity index (χ1) is 8.16. The molecule has 1 N–H and O–H groups in total. The third-order valence-corrected chi connectivity index (χ3v) is 3.37. The van der Waals surface area contributed by atoms with E-state index in [-0.39, 0.29) is 10.6 Å². The van der Waals surface area contributed by atoms with Gasteiger partial charge in [-0.05, 0) is 30.3 Å². The molecule has 0 aliphatic rings. The van der Waals surface area contributed by atoms with E-state index in [4.69, 9.17) is 16.7 Å². The fraction of sp³-hybridized carbons (Fsp3) is 0. The van der Waals surface area contributed by atoms with Gasteiger partial charge in [0.25, 0.3) is 0 Å². The summed E-state index contributed by atoms with van der Waals surface area (Å²) in [6.45, 7) is 0. The van der Waals surface area contributed by atoms with Crippen LogP contribution in [0.2, 0.25) is 5.02 Å². The van der Waals surface area contributed by atoms with Crippen LogP contribution in [0.1, 0.15) is 10.4 Å². The number of carbonyl (C=O) groups is 1. The van der Waals surface area contributed by atoms with Crippen molar-refractivity contribution in [1.82, 2.24) is 4.98 Å². The molecule has 0 bridgehead atoms. The Morgan fingerprint density at radius 3 is 2.47 bits per heavy atom. The van der Waals surface area contributed by atoms with Gasteiger partial charge in [0.05, 0.1) is 10.6 Å². The molecule has 1 aromatic carbocycles. The quantitative estimate of drug-likeness (QED) is 0.921. The van der Waals surface area contributed by atoms with Crippen molar-refractivity contribution in [2.24, 2.45) is 0 Å². The van der Waals surface area contributed by atoms with Crippen LogP contribution in [0.15, 0.2) is 52.5 Å². The third-order valence-electron chi connectivity index (χ3n) is 2.06. The van der Waals surface area contributed by atoms with Crippen LogP contribution in [-0.4, -0.2) is 16.1 Å². The van der Waals surface area contributed by atoms with E-state index in [1.807, 2.05) is 12.1 Å². The fourth-order valence-corrected chi connectivity index (χ4v) is 2.44. The van der Waals surface area contributed by atoms with E-state index in [2.05, 4.69) is 4.98 Å². The summed E-state index contributed by atoms with van der Waals surface area (Å²) in [7, 11) is 0. The van der Waals surface area contributed by atoms with Gasteiger partial charge in [-0.3, -0.25) is 4.98 Å². The summed E-state index contributed by atoms with van der Waals surface area (Å²) in [6.07, 6.45) is 3.41. The molecule has 0 saturated carbocycles. The first-order valence-electron chi connectivity index (χ1n) is 4.77. The van der Waals surface area contributed by atoms with E-state index in [0.29, 0.717) is 0 Å². The molecular weight excluding hydrogens is 258 g/mol. The molecule has 0 radical (unpaired) electrons. The minimum atomic E-state index is -1.02. The number of benzene rings is 1. The Labute approximate surface area is 107 Å². The predicted octanol–water partition coefficient (Wildman–Crippen LogP) is 3.58. The second-order valence-electron chi connectivity index (χ2n) is 3.23. The van der Waals surface area contributed by atoms with Crippen molar-refractivity contribution in [1.29, 1.82) is 0 Å². The maximum atomic E-state index is 10.8. The third kappa shape index (κ3) is 2.99. The summed E-state index contributed by atoms with van der Waals surface area (Å²) in [5.41, 5.74) is 0.116. The largest absolute Gasteiger partial charge is 0.478 e. The molecule has 0 saturated heterocycles. The topological polar surface area (TPSA) is 50.2 Å². The number of halogens is 1. The Hall–Kier alpha value is -1.52. The summed E-state index contributed by atoms with van der Waals surface area (Å²) in [5.74, 6) is -1.02. The molecule has 86 valence electrons. The van der Waals surface area contributed by atoms with Gasteiger partial charge in [0, 0.05) is 22.2 Å². The van der Waals surface area contributed by atoms with Crippen molar-refractivity contribution in [3.05, 3.63) is 53.3 Å². The Morgan fingerprint density at radius 2 is 1.88 bits per heavy atom.